The first-order chi connectivity index (χ1) is 15.5. The minimum absolute atomic E-state index is 0.0281. The standard InChI is InChI=1S/C26H23ClFN3O/c1-18(10-11-19-6-3-2-4-7-19)29-26(32)25-17-24(20-12-14-22(28)15-13-20)30-31(25)23-9-5-8-21(27)16-23/h2-9,12-18H,10-11H2,1H3,(H,29,32). The fourth-order valence-electron chi connectivity index (χ4n) is 3.51. The minimum atomic E-state index is -0.326. The van der Waals surface area contributed by atoms with Crippen LogP contribution in [0.3, 0.4) is 0 Å². The van der Waals surface area contributed by atoms with Crippen LogP contribution in [0.5, 0.6) is 0 Å². The van der Waals surface area contributed by atoms with Crippen LogP contribution in [0.15, 0.2) is 84.9 Å². The van der Waals surface area contributed by atoms with Crippen molar-refractivity contribution in [3.8, 4) is 16.9 Å². The van der Waals surface area contributed by atoms with Crippen LogP contribution >= 0.6 is 11.6 Å². The number of rotatable bonds is 7. The van der Waals surface area contributed by atoms with E-state index in [0.717, 1.165) is 18.4 Å². The van der Waals surface area contributed by atoms with Gasteiger partial charge in [0.2, 0.25) is 0 Å². The van der Waals surface area contributed by atoms with Gasteiger partial charge in [-0.25, -0.2) is 9.07 Å². The van der Waals surface area contributed by atoms with Gasteiger partial charge in [-0.2, -0.15) is 5.10 Å². The van der Waals surface area contributed by atoms with Crippen molar-refractivity contribution in [2.75, 3.05) is 0 Å². The monoisotopic (exact) mass is 447 g/mol. The van der Waals surface area contributed by atoms with Gasteiger partial charge in [0.1, 0.15) is 11.5 Å². The van der Waals surface area contributed by atoms with Crippen molar-refractivity contribution >= 4 is 17.5 Å². The average molecular weight is 448 g/mol. The maximum atomic E-state index is 13.4. The SMILES string of the molecule is CC(CCc1ccccc1)NC(=O)c1cc(-c2ccc(F)cc2)nn1-c1cccc(Cl)c1. The second-order valence-electron chi connectivity index (χ2n) is 7.71. The minimum Gasteiger partial charge on any atom is -0.348 e. The Labute approximate surface area is 191 Å². The summed E-state index contributed by atoms with van der Waals surface area (Å²) in [5, 5.41) is 8.24. The first-order valence-corrected chi connectivity index (χ1v) is 10.8. The molecular weight excluding hydrogens is 425 g/mol. The highest BCUT2D eigenvalue weighted by Crippen LogP contribution is 2.24. The molecule has 0 aliphatic carbocycles. The van der Waals surface area contributed by atoms with Crippen LogP contribution in [0.1, 0.15) is 29.4 Å². The fourth-order valence-corrected chi connectivity index (χ4v) is 3.69. The third-order valence-corrected chi connectivity index (χ3v) is 5.46. The van der Waals surface area contributed by atoms with E-state index in [1.54, 1.807) is 41.1 Å². The Hall–Kier alpha value is -3.44. The molecule has 32 heavy (non-hydrogen) atoms. The van der Waals surface area contributed by atoms with Crippen molar-refractivity contribution in [3.63, 3.8) is 0 Å². The van der Waals surface area contributed by atoms with E-state index in [0.29, 0.717) is 22.1 Å². The number of benzene rings is 3. The number of hydrogen-bond acceptors (Lipinski definition) is 2. The summed E-state index contributed by atoms with van der Waals surface area (Å²) in [6.07, 6.45) is 1.68. The lowest BCUT2D eigenvalue weighted by molar-refractivity contribution is 0.0930. The largest absolute Gasteiger partial charge is 0.348 e. The van der Waals surface area contributed by atoms with Gasteiger partial charge < -0.3 is 5.32 Å². The third kappa shape index (κ3) is 5.24. The first-order valence-electron chi connectivity index (χ1n) is 10.5. The van der Waals surface area contributed by atoms with Gasteiger partial charge in [0, 0.05) is 16.6 Å². The van der Waals surface area contributed by atoms with E-state index in [4.69, 9.17) is 11.6 Å². The summed E-state index contributed by atoms with van der Waals surface area (Å²) in [6.45, 7) is 1.99. The van der Waals surface area contributed by atoms with Crippen molar-refractivity contribution in [1.29, 1.82) is 0 Å². The maximum absolute atomic E-state index is 13.4. The van der Waals surface area contributed by atoms with Crippen LogP contribution in [0.25, 0.3) is 16.9 Å². The van der Waals surface area contributed by atoms with Crippen LogP contribution in [0.2, 0.25) is 5.02 Å². The number of nitrogens with one attached hydrogen (secondary N) is 1. The normalized spacial score (nSPS) is 11.8. The lowest BCUT2D eigenvalue weighted by atomic mass is 10.1. The molecule has 0 aliphatic heterocycles. The van der Waals surface area contributed by atoms with Crippen molar-refractivity contribution in [2.24, 2.45) is 0 Å². The molecule has 4 rings (SSSR count). The van der Waals surface area contributed by atoms with E-state index < -0.39 is 0 Å². The topological polar surface area (TPSA) is 46.9 Å². The molecule has 162 valence electrons. The molecule has 0 spiro atoms. The van der Waals surface area contributed by atoms with Gasteiger partial charge in [0.25, 0.3) is 5.91 Å². The fraction of sp³-hybridized carbons (Fsp3) is 0.154. The van der Waals surface area contributed by atoms with Gasteiger partial charge in [-0.1, -0.05) is 48.0 Å². The molecule has 0 fully saturated rings. The summed E-state index contributed by atoms with van der Waals surface area (Å²) < 4.78 is 14.9. The van der Waals surface area contributed by atoms with E-state index in [2.05, 4.69) is 22.5 Å². The summed E-state index contributed by atoms with van der Waals surface area (Å²) in [4.78, 5) is 13.2. The second kappa shape index (κ2) is 9.79. The summed E-state index contributed by atoms with van der Waals surface area (Å²) in [6, 6.07) is 25.1. The highest BCUT2D eigenvalue weighted by molar-refractivity contribution is 6.30. The quantitative estimate of drug-likeness (QED) is 0.373. The molecule has 1 atom stereocenters. The number of nitrogens with zero attached hydrogens (tertiary/aromatic N) is 2. The van der Waals surface area contributed by atoms with Crippen LogP contribution in [0, 0.1) is 5.82 Å². The van der Waals surface area contributed by atoms with Crippen molar-refractivity contribution < 1.29 is 9.18 Å². The van der Waals surface area contributed by atoms with E-state index in [-0.39, 0.29) is 17.8 Å². The number of hydrogen-bond donors (Lipinski definition) is 1. The number of aryl methyl sites for hydroxylation is 1. The molecule has 1 aromatic heterocycles. The van der Waals surface area contributed by atoms with Crippen molar-refractivity contribution in [1.82, 2.24) is 15.1 Å². The average Bonchev–Trinajstić information content (AvgIpc) is 3.25. The third-order valence-electron chi connectivity index (χ3n) is 5.22. The molecule has 4 nitrogen and oxygen atoms in total. The Morgan fingerprint density at radius 2 is 1.78 bits per heavy atom. The van der Waals surface area contributed by atoms with Crippen LogP contribution in [0.4, 0.5) is 4.39 Å². The highest BCUT2D eigenvalue weighted by atomic mass is 35.5. The van der Waals surface area contributed by atoms with E-state index >= 15 is 0 Å². The highest BCUT2D eigenvalue weighted by Gasteiger charge is 2.19. The van der Waals surface area contributed by atoms with Gasteiger partial charge in [-0.15, -0.1) is 0 Å². The zero-order chi connectivity index (χ0) is 22.5. The van der Waals surface area contributed by atoms with Gasteiger partial charge in [0.15, 0.2) is 0 Å². The molecule has 3 aromatic carbocycles. The van der Waals surface area contributed by atoms with Crippen molar-refractivity contribution in [2.45, 2.75) is 25.8 Å². The van der Waals surface area contributed by atoms with Gasteiger partial charge in [0.05, 0.1) is 11.4 Å². The molecule has 0 aliphatic rings. The molecular formula is C26H23ClFN3O. The Morgan fingerprint density at radius 1 is 1.03 bits per heavy atom. The predicted octanol–water partition coefficient (Wildman–Crippen LogP) is 6.08. The Morgan fingerprint density at radius 3 is 2.50 bits per heavy atom. The van der Waals surface area contributed by atoms with Crippen molar-refractivity contribution in [3.05, 3.63) is 107 Å². The zero-order valence-electron chi connectivity index (χ0n) is 17.6. The lowest BCUT2D eigenvalue weighted by Gasteiger charge is -2.15. The summed E-state index contributed by atoms with van der Waals surface area (Å²) in [5.74, 6) is -0.556. The summed E-state index contributed by atoms with van der Waals surface area (Å²) >= 11 is 6.17. The van der Waals surface area contributed by atoms with Gasteiger partial charge >= 0.3 is 0 Å². The first kappa shape index (κ1) is 21.8. The molecule has 1 N–H and O–H groups in total. The molecule has 0 bridgehead atoms. The Bertz CT molecular complexity index is 1210. The van der Waals surface area contributed by atoms with Gasteiger partial charge in [-0.3, -0.25) is 4.79 Å². The molecule has 4 aromatic rings. The van der Waals surface area contributed by atoms with Gasteiger partial charge in [-0.05, 0) is 73.9 Å². The zero-order valence-corrected chi connectivity index (χ0v) is 18.4. The van der Waals surface area contributed by atoms with Crippen LogP contribution in [-0.2, 0) is 6.42 Å². The molecule has 0 saturated heterocycles. The molecule has 1 amide bonds. The lowest BCUT2D eigenvalue weighted by Crippen LogP contribution is -2.34. The number of carbonyl (C=O) groups excluding carboxylic acids is 1. The Balaban J connectivity index is 1.59. The number of aromatic nitrogens is 2. The predicted molar refractivity (Wildman–Crippen MR) is 126 cm³/mol. The van der Waals surface area contributed by atoms with E-state index in [1.165, 1.54) is 17.7 Å². The number of carbonyl (C=O) groups is 1. The second-order valence-corrected chi connectivity index (χ2v) is 8.15. The summed E-state index contributed by atoms with van der Waals surface area (Å²) in [7, 11) is 0. The van der Waals surface area contributed by atoms with E-state index in [9.17, 15) is 9.18 Å². The summed E-state index contributed by atoms with van der Waals surface area (Å²) in [5.41, 5.74) is 3.59. The van der Waals surface area contributed by atoms with Crippen LogP contribution in [-0.4, -0.2) is 21.7 Å². The number of halogens is 2. The smallest absolute Gasteiger partial charge is 0.270 e. The molecule has 0 saturated carbocycles. The molecule has 1 heterocycles. The van der Waals surface area contributed by atoms with E-state index in [1.807, 2.05) is 31.2 Å². The molecule has 0 radical (unpaired) electrons. The molecule has 6 heteroatoms. The Kier molecular flexibility index (Phi) is 6.66. The van der Waals surface area contributed by atoms with Crippen LogP contribution < -0.4 is 5.32 Å². The number of amides is 1. The maximum Gasteiger partial charge on any atom is 0.270 e. The molecule has 1 unspecified atom stereocenters.